The minimum atomic E-state index is -0.519. The van der Waals surface area contributed by atoms with Gasteiger partial charge in [-0.1, -0.05) is 11.6 Å². The number of furan rings is 1. The zero-order valence-corrected chi connectivity index (χ0v) is 8.92. The highest BCUT2D eigenvalue weighted by atomic mass is 35.5. The van der Waals surface area contributed by atoms with Crippen LogP contribution in [0.25, 0.3) is 11.0 Å². The first kappa shape index (κ1) is 9.25. The van der Waals surface area contributed by atoms with Gasteiger partial charge in [0.25, 0.3) is 0 Å². The summed E-state index contributed by atoms with van der Waals surface area (Å²) in [5.41, 5.74) is 1.32. The van der Waals surface area contributed by atoms with Gasteiger partial charge in [-0.15, -0.1) is 0 Å². The Labute approximate surface area is 92.5 Å². The molecule has 0 radical (unpaired) electrons. The van der Waals surface area contributed by atoms with E-state index in [4.69, 9.17) is 16.0 Å². The average molecular weight is 223 g/mol. The van der Waals surface area contributed by atoms with Crippen LogP contribution < -0.4 is 0 Å². The van der Waals surface area contributed by atoms with E-state index in [2.05, 4.69) is 0 Å². The highest BCUT2D eigenvalue weighted by Gasteiger charge is 2.41. The minimum absolute atomic E-state index is 0.519. The van der Waals surface area contributed by atoms with Gasteiger partial charge in [0, 0.05) is 16.8 Å². The molecule has 78 valence electrons. The van der Waals surface area contributed by atoms with Crippen LogP contribution in [0, 0.1) is 0 Å². The molecule has 3 heteroatoms. The fourth-order valence-corrected chi connectivity index (χ4v) is 2.14. The second kappa shape index (κ2) is 3.00. The van der Waals surface area contributed by atoms with Crippen molar-refractivity contribution in [3.63, 3.8) is 0 Å². The van der Waals surface area contributed by atoms with E-state index in [9.17, 15) is 5.11 Å². The molecule has 1 N–H and O–H groups in total. The first-order chi connectivity index (χ1) is 7.18. The summed E-state index contributed by atoms with van der Waals surface area (Å²) in [5, 5.41) is 11.6. The van der Waals surface area contributed by atoms with Crippen LogP contribution in [0.1, 0.15) is 18.4 Å². The zero-order valence-electron chi connectivity index (χ0n) is 8.16. The highest BCUT2D eigenvalue weighted by Crippen LogP contribution is 2.41. The maximum atomic E-state index is 9.91. The van der Waals surface area contributed by atoms with Crippen LogP contribution in [-0.2, 0) is 6.42 Å². The number of fused-ring (bicyclic) bond motifs is 1. The smallest absolute Gasteiger partial charge is 0.134 e. The van der Waals surface area contributed by atoms with E-state index in [1.807, 2.05) is 18.2 Å². The number of hydrogen-bond acceptors (Lipinski definition) is 2. The van der Waals surface area contributed by atoms with Gasteiger partial charge in [-0.3, -0.25) is 0 Å². The Morgan fingerprint density at radius 2 is 2.13 bits per heavy atom. The van der Waals surface area contributed by atoms with E-state index in [1.54, 1.807) is 6.26 Å². The fraction of sp³-hybridized carbons (Fsp3) is 0.333. The van der Waals surface area contributed by atoms with Gasteiger partial charge in [0.2, 0.25) is 0 Å². The van der Waals surface area contributed by atoms with Gasteiger partial charge in [-0.05, 0) is 36.6 Å². The van der Waals surface area contributed by atoms with E-state index >= 15 is 0 Å². The van der Waals surface area contributed by atoms with Gasteiger partial charge in [0.15, 0.2) is 0 Å². The summed E-state index contributed by atoms with van der Waals surface area (Å²) >= 11 is 6.14. The van der Waals surface area contributed by atoms with Crippen LogP contribution in [0.15, 0.2) is 28.9 Å². The summed E-state index contributed by atoms with van der Waals surface area (Å²) in [6.07, 6.45) is 4.03. The maximum absolute atomic E-state index is 9.91. The van der Waals surface area contributed by atoms with Crippen molar-refractivity contribution in [2.45, 2.75) is 24.9 Å². The standard InChI is InChI=1S/C12H11ClO2/c13-10-1-2-11-8(3-6-15-11)9(10)7-12(14)4-5-12/h1-3,6,14H,4-5,7H2. The SMILES string of the molecule is OC1(Cc2c(Cl)ccc3occc23)CC1. The van der Waals surface area contributed by atoms with E-state index < -0.39 is 5.60 Å². The van der Waals surface area contributed by atoms with E-state index in [0.29, 0.717) is 11.4 Å². The fourth-order valence-electron chi connectivity index (χ4n) is 1.91. The van der Waals surface area contributed by atoms with Crippen LogP contribution in [0.5, 0.6) is 0 Å². The van der Waals surface area contributed by atoms with Crippen LogP contribution in [0.3, 0.4) is 0 Å². The lowest BCUT2D eigenvalue weighted by molar-refractivity contribution is 0.151. The molecular weight excluding hydrogens is 212 g/mol. The predicted molar refractivity (Wildman–Crippen MR) is 59.1 cm³/mol. The Morgan fingerprint density at radius 1 is 1.33 bits per heavy atom. The first-order valence-corrected chi connectivity index (χ1v) is 5.43. The summed E-state index contributed by atoms with van der Waals surface area (Å²) in [6, 6.07) is 5.59. The summed E-state index contributed by atoms with van der Waals surface area (Å²) in [7, 11) is 0. The molecule has 15 heavy (non-hydrogen) atoms. The van der Waals surface area contributed by atoms with Crippen LogP contribution in [-0.4, -0.2) is 10.7 Å². The third-order valence-corrected chi connectivity index (χ3v) is 3.38. The number of benzene rings is 1. The summed E-state index contributed by atoms with van der Waals surface area (Å²) in [4.78, 5) is 0. The van der Waals surface area contributed by atoms with Crippen molar-refractivity contribution in [2.75, 3.05) is 0 Å². The largest absolute Gasteiger partial charge is 0.464 e. The lowest BCUT2D eigenvalue weighted by atomic mass is 10.0. The molecule has 0 atom stereocenters. The third-order valence-electron chi connectivity index (χ3n) is 3.02. The summed E-state index contributed by atoms with van der Waals surface area (Å²) in [6.45, 7) is 0. The van der Waals surface area contributed by atoms with Gasteiger partial charge < -0.3 is 9.52 Å². The number of halogens is 1. The predicted octanol–water partition coefficient (Wildman–Crippen LogP) is 3.15. The Bertz CT molecular complexity index is 511. The Balaban J connectivity index is 2.13. The molecule has 1 aliphatic carbocycles. The maximum Gasteiger partial charge on any atom is 0.134 e. The van der Waals surface area contributed by atoms with Gasteiger partial charge in [0.05, 0.1) is 11.9 Å². The summed E-state index contributed by atoms with van der Waals surface area (Å²) < 4.78 is 5.31. The van der Waals surface area contributed by atoms with Gasteiger partial charge in [-0.25, -0.2) is 0 Å². The molecule has 3 rings (SSSR count). The molecule has 2 nitrogen and oxygen atoms in total. The second-order valence-corrected chi connectivity index (χ2v) is 4.67. The number of hydrogen-bond donors (Lipinski definition) is 1. The van der Waals surface area contributed by atoms with Crippen molar-refractivity contribution < 1.29 is 9.52 Å². The molecule has 1 aromatic carbocycles. The lowest BCUT2D eigenvalue weighted by Crippen LogP contribution is -2.11. The minimum Gasteiger partial charge on any atom is -0.464 e. The molecule has 2 aromatic rings. The monoisotopic (exact) mass is 222 g/mol. The molecule has 0 amide bonds. The zero-order chi connectivity index (χ0) is 10.5. The van der Waals surface area contributed by atoms with Gasteiger partial charge in [-0.2, -0.15) is 0 Å². The van der Waals surface area contributed by atoms with Gasteiger partial charge in [0.1, 0.15) is 5.58 Å². The summed E-state index contributed by atoms with van der Waals surface area (Å²) in [5.74, 6) is 0. The highest BCUT2D eigenvalue weighted by molar-refractivity contribution is 6.32. The Kier molecular flexibility index (Phi) is 1.85. The van der Waals surface area contributed by atoms with Crippen molar-refractivity contribution in [1.29, 1.82) is 0 Å². The first-order valence-electron chi connectivity index (χ1n) is 5.05. The van der Waals surface area contributed by atoms with Gasteiger partial charge >= 0.3 is 0 Å². The Hall–Kier alpha value is -0.990. The molecule has 0 bridgehead atoms. The quantitative estimate of drug-likeness (QED) is 0.847. The molecule has 0 spiro atoms. The van der Waals surface area contributed by atoms with Crippen molar-refractivity contribution in [3.8, 4) is 0 Å². The van der Waals surface area contributed by atoms with Crippen molar-refractivity contribution in [2.24, 2.45) is 0 Å². The van der Waals surface area contributed by atoms with Crippen molar-refractivity contribution >= 4 is 22.6 Å². The van der Waals surface area contributed by atoms with Crippen LogP contribution in [0.2, 0.25) is 5.02 Å². The number of rotatable bonds is 2. The van der Waals surface area contributed by atoms with E-state index in [1.165, 1.54) is 0 Å². The molecule has 0 aliphatic heterocycles. The molecule has 1 fully saturated rings. The normalized spacial score (nSPS) is 18.3. The lowest BCUT2D eigenvalue weighted by Gasteiger charge is -2.10. The molecule has 1 heterocycles. The van der Waals surface area contributed by atoms with Crippen LogP contribution in [0.4, 0.5) is 0 Å². The molecule has 0 saturated heterocycles. The van der Waals surface area contributed by atoms with E-state index in [-0.39, 0.29) is 0 Å². The van der Waals surface area contributed by atoms with Crippen LogP contribution >= 0.6 is 11.6 Å². The van der Waals surface area contributed by atoms with E-state index in [0.717, 1.165) is 29.4 Å². The molecular formula is C12H11ClO2. The Morgan fingerprint density at radius 3 is 2.87 bits per heavy atom. The number of aliphatic hydroxyl groups is 1. The molecule has 1 aromatic heterocycles. The molecule has 1 aliphatic rings. The average Bonchev–Trinajstić information content (AvgIpc) is 2.78. The topological polar surface area (TPSA) is 33.4 Å². The molecule has 0 unspecified atom stereocenters. The van der Waals surface area contributed by atoms with Crippen molar-refractivity contribution in [3.05, 3.63) is 35.0 Å². The van der Waals surface area contributed by atoms with Crippen molar-refractivity contribution in [1.82, 2.24) is 0 Å². The second-order valence-electron chi connectivity index (χ2n) is 4.26. The molecule has 1 saturated carbocycles. The third kappa shape index (κ3) is 1.54.